The fourth-order valence-electron chi connectivity index (χ4n) is 7.12. The van der Waals surface area contributed by atoms with Crippen LogP contribution in [-0.2, 0) is 16.1 Å². The van der Waals surface area contributed by atoms with Crippen LogP contribution in [0.5, 0.6) is 0 Å². The maximum Gasteiger partial charge on any atom is 0.224 e. The Bertz CT molecular complexity index is 900. The van der Waals surface area contributed by atoms with E-state index in [0.29, 0.717) is 28.4 Å². The van der Waals surface area contributed by atoms with Crippen LogP contribution in [0.25, 0.3) is 0 Å². The highest BCUT2D eigenvalue weighted by Crippen LogP contribution is 2.74. The Morgan fingerprint density at radius 2 is 1.70 bits per heavy atom. The monoisotopic (exact) mass is 519 g/mol. The van der Waals surface area contributed by atoms with Crippen molar-refractivity contribution in [3.8, 4) is 0 Å². The van der Waals surface area contributed by atoms with E-state index in [-0.39, 0.29) is 41.4 Å². The van der Waals surface area contributed by atoms with Gasteiger partial charge in [-0.25, -0.2) is 4.39 Å². The average Bonchev–Trinajstić information content (AvgIpc) is 3.15. The second-order valence-electron chi connectivity index (χ2n) is 10.6. The molecule has 5 nitrogen and oxygen atoms in total. The van der Waals surface area contributed by atoms with E-state index in [0.717, 1.165) is 45.1 Å². The minimum atomic E-state index is -0.334. The molecule has 4 atom stereocenters. The molecule has 2 amide bonds. The van der Waals surface area contributed by atoms with E-state index >= 15 is 0 Å². The third-order valence-electron chi connectivity index (χ3n) is 8.82. The Balaban J connectivity index is 1.18. The van der Waals surface area contributed by atoms with Crippen LogP contribution in [0, 0.1) is 34.9 Å². The number of nitrogens with one attached hydrogen (secondary N) is 2. The first kappa shape index (κ1) is 23.3. The van der Waals surface area contributed by atoms with Gasteiger partial charge in [0.1, 0.15) is 5.82 Å². The molecule has 33 heavy (non-hydrogen) atoms. The molecule has 3 aliphatic carbocycles. The highest BCUT2D eigenvalue weighted by molar-refractivity contribution is 9.10. The van der Waals surface area contributed by atoms with Crippen molar-refractivity contribution < 1.29 is 14.0 Å². The van der Waals surface area contributed by atoms with E-state index in [9.17, 15) is 14.0 Å². The zero-order valence-electron chi connectivity index (χ0n) is 19.3. The van der Waals surface area contributed by atoms with Crippen LogP contribution < -0.4 is 10.6 Å². The highest BCUT2D eigenvalue weighted by atomic mass is 79.9. The van der Waals surface area contributed by atoms with Crippen molar-refractivity contribution in [2.75, 3.05) is 26.2 Å². The van der Waals surface area contributed by atoms with E-state index in [1.807, 2.05) is 0 Å². The Hall–Kier alpha value is -1.47. The molecule has 1 heterocycles. The lowest BCUT2D eigenvalue weighted by Gasteiger charge is -2.29. The number of carbonyl (C=O) groups excluding carboxylic acids is 2. The lowest BCUT2D eigenvalue weighted by atomic mass is 9.78. The van der Waals surface area contributed by atoms with Gasteiger partial charge in [0.2, 0.25) is 11.8 Å². The van der Waals surface area contributed by atoms with E-state index in [1.165, 1.54) is 32.0 Å². The largest absolute Gasteiger partial charge is 0.356 e. The summed E-state index contributed by atoms with van der Waals surface area (Å²) in [6, 6.07) is 4.88. The second kappa shape index (κ2) is 9.65. The summed E-state index contributed by atoms with van der Waals surface area (Å²) in [5.74, 6) is -0.251. The molecule has 4 aliphatic rings. The Labute approximate surface area is 204 Å². The maximum absolute atomic E-state index is 14.2. The van der Waals surface area contributed by atoms with Gasteiger partial charge < -0.3 is 15.5 Å². The highest BCUT2D eigenvalue weighted by Gasteiger charge is 2.71. The molecule has 1 aromatic carbocycles. The van der Waals surface area contributed by atoms with Gasteiger partial charge in [-0.3, -0.25) is 9.59 Å². The van der Waals surface area contributed by atoms with Crippen LogP contribution in [0.15, 0.2) is 22.7 Å². The van der Waals surface area contributed by atoms with Crippen molar-refractivity contribution in [3.63, 3.8) is 0 Å². The molecule has 1 aromatic rings. The van der Waals surface area contributed by atoms with Crippen LogP contribution in [0.2, 0.25) is 0 Å². The summed E-state index contributed by atoms with van der Waals surface area (Å²) in [6.07, 6.45) is 9.08. The predicted octanol–water partition coefficient (Wildman–Crippen LogP) is 4.25. The van der Waals surface area contributed by atoms with Crippen LogP contribution in [0.4, 0.5) is 4.39 Å². The summed E-state index contributed by atoms with van der Waals surface area (Å²) in [5.41, 5.74) is 0.678. The number of likely N-dealkylation sites (tertiary alicyclic amines) is 1. The van der Waals surface area contributed by atoms with Gasteiger partial charge in [-0.15, -0.1) is 0 Å². The zero-order valence-corrected chi connectivity index (χ0v) is 20.8. The number of nitrogens with zero attached hydrogens (tertiary/aromatic N) is 1. The van der Waals surface area contributed by atoms with Crippen LogP contribution in [-0.4, -0.2) is 42.9 Å². The SMILES string of the molecule is O=C(NCCCCN1CCCC1)[C@H]1[C@H](C(=O)NCc2ccc(Br)cc2F)[C@@H]2CC[C@H]1C21CC1. The van der Waals surface area contributed by atoms with Crippen molar-refractivity contribution in [2.45, 2.75) is 57.9 Å². The predicted molar refractivity (Wildman–Crippen MR) is 129 cm³/mol. The third-order valence-corrected chi connectivity index (χ3v) is 9.31. The van der Waals surface area contributed by atoms with Crippen molar-refractivity contribution in [2.24, 2.45) is 29.1 Å². The molecular formula is C26H35BrFN3O2. The van der Waals surface area contributed by atoms with E-state index in [2.05, 4.69) is 31.5 Å². The Morgan fingerprint density at radius 3 is 2.33 bits per heavy atom. The first-order valence-electron chi connectivity index (χ1n) is 12.7. The second-order valence-corrected chi connectivity index (χ2v) is 11.5. The molecule has 0 radical (unpaired) electrons. The number of carbonyl (C=O) groups is 2. The molecule has 1 spiro atoms. The number of rotatable bonds is 9. The summed E-state index contributed by atoms with van der Waals surface area (Å²) in [5, 5.41) is 6.14. The maximum atomic E-state index is 14.2. The van der Waals surface area contributed by atoms with Crippen LogP contribution in [0.3, 0.4) is 0 Å². The van der Waals surface area contributed by atoms with Gasteiger partial charge in [-0.05, 0) is 100 Å². The van der Waals surface area contributed by atoms with E-state index < -0.39 is 0 Å². The summed E-state index contributed by atoms with van der Waals surface area (Å²) in [4.78, 5) is 29.1. The molecule has 5 rings (SSSR count). The number of hydrogen-bond acceptors (Lipinski definition) is 3. The zero-order chi connectivity index (χ0) is 23.0. The van der Waals surface area contributed by atoms with Gasteiger partial charge in [0.25, 0.3) is 0 Å². The van der Waals surface area contributed by atoms with Gasteiger partial charge >= 0.3 is 0 Å². The fourth-order valence-corrected chi connectivity index (χ4v) is 7.46. The Morgan fingerprint density at radius 1 is 1.03 bits per heavy atom. The van der Waals surface area contributed by atoms with E-state index in [1.54, 1.807) is 12.1 Å². The summed E-state index contributed by atoms with van der Waals surface area (Å²) < 4.78 is 14.9. The van der Waals surface area contributed by atoms with Gasteiger partial charge in [0.15, 0.2) is 0 Å². The number of unbranched alkanes of at least 4 members (excludes halogenated alkanes) is 1. The lowest BCUT2D eigenvalue weighted by Crippen LogP contribution is -2.45. The van der Waals surface area contributed by atoms with Crippen LogP contribution in [0.1, 0.15) is 56.9 Å². The Kier molecular flexibility index (Phi) is 6.81. The lowest BCUT2D eigenvalue weighted by molar-refractivity contribution is -0.137. The number of halogens is 2. The first-order chi connectivity index (χ1) is 16.0. The summed E-state index contributed by atoms with van der Waals surface area (Å²) in [7, 11) is 0. The van der Waals surface area contributed by atoms with Gasteiger partial charge in [-0.1, -0.05) is 22.0 Å². The van der Waals surface area contributed by atoms with E-state index in [4.69, 9.17) is 0 Å². The van der Waals surface area contributed by atoms with Crippen LogP contribution >= 0.6 is 15.9 Å². The fraction of sp³-hybridized carbons (Fsp3) is 0.692. The number of hydrogen-bond donors (Lipinski definition) is 2. The number of benzene rings is 1. The topological polar surface area (TPSA) is 61.4 Å². The van der Waals surface area contributed by atoms with Gasteiger partial charge in [-0.2, -0.15) is 0 Å². The standard InChI is InChI=1S/C26H35BrFN3O2/c27-18-6-5-17(21(28)15-18)16-30-25(33)23-20-8-7-19(26(20)9-10-26)22(23)24(32)29-11-1-2-12-31-13-3-4-14-31/h5-6,15,19-20,22-23H,1-4,7-14,16H2,(H,29,32)(H,30,33)/t19-,20+,22-,23-/m1/s1. The molecule has 180 valence electrons. The van der Waals surface area contributed by atoms with Crippen molar-refractivity contribution in [1.29, 1.82) is 0 Å². The molecule has 3 saturated carbocycles. The molecule has 0 aromatic heterocycles. The molecule has 1 saturated heterocycles. The first-order valence-corrected chi connectivity index (χ1v) is 13.5. The number of amides is 2. The molecule has 2 N–H and O–H groups in total. The molecular weight excluding hydrogens is 485 g/mol. The van der Waals surface area contributed by atoms with Gasteiger partial charge in [0.05, 0.1) is 11.8 Å². The molecule has 0 unspecified atom stereocenters. The molecule has 1 aliphatic heterocycles. The van der Waals surface area contributed by atoms with Gasteiger partial charge in [0, 0.05) is 23.1 Å². The minimum absolute atomic E-state index is 0.0598. The minimum Gasteiger partial charge on any atom is -0.356 e. The summed E-state index contributed by atoms with van der Waals surface area (Å²) in [6.45, 7) is 4.38. The van der Waals surface area contributed by atoms with Crippen molar-refractivity contribution in [1.82, 2.24) is 15.5 Å². The van der Waals surface area contributed by atoms with Crippen molar-refractivity contribution >= 4 is 27.7 Å². The quantitative estimate of drug-likeness (QED) is 0.479. The van der Waals surface area contributed by atoms with Crippen molar-refractivity contribution in [3.05, 3.63) is 34.1 Å². The average molecular weight is 520 g/mol. The normalized spacial score (nSPS) is 29.5. The molecule has 2 bridgehead atoms. The summed E-state index contributed by atoms with van der Waals surface area (Å²) >= 11 is 3.27. The third kappa shape index (κ3) is 4.60. The molecule has 7 heteroatoms. The smallest absolute Gasteiger partial charge is 0.224 e. The molecule has 4 fully saturated rings.